The highest BCUT2D eigenvalue weighted by atomic mass is 32.2. The molecule has 3 aromatic rings. The minimum atomic E-state index is -1.24. The van der Waals surface area contributed by atoms with Crippen LogP contribution in [0.5, 0.6) is 0 Å². The van der Waals surface area contributed by atoms with Crippen molar-refractivity contribution in [3.05, 3.63) is 105 Å². The van der Waals surface area contributed by atoms with Crippen LogP contribution in [0.4, 0.5) is 0 Å². The molecule has 8 nitrogen and oxygen atoms in total. The Balaban J connectivity index is 1.37. The van der Waals surface area contributed by atoms with E-state index in [1.54, 1.807) is 5.41 Å². The zero-order valence-electron chi connectivity index (χ0n) is 19.4. The highest BCUT2D eigenvalue weighted by Crippen LogP contribution is 2.41. The van der Waals surface area contributed by atoms with E-state index in [1.165, 1.54) is 34.1 Å². The molecule has 37 heavy (non-hydrogen) atoms. The quantitative estimate of drug-likeness (QED) is 0.206. The summed E-state index contributed by atoms with van der Waals surface area (Å²) in [5.41, 5.74) is 1.57. The molecule has 2 aromatic carbocycles. The number of isocyanates is 1. The fraction of sp³-hybridized carbons (Fsp3) is 0.185. The van der Waals surface area contributed by atoms with Crippen LogP contribution in [-0.4, -0.2) is 46.2 Å². The summed E-state index contributed by atoms with van der Waals surface area (Å²) < 4.78 is 5.97. The van der Waals surface area contributed by atoms with Gasteiger partial charge in [-0.25, -0.2) is 9.59 Å². The Morgan fingerprint density at radius 2 is 1.70 bits per heavy atom. The molecule has 1 N–H and O–H groups in total. The van der Waals surface area contributed by atoms with Gasteiger partial charge in [-0.15, -0.1) is 23.1 Å². The molecular weight excluding hydrogens is 510 g/mol. The minimum absolute atomic E-state index is 0.0674. The zero-order valence-corrected chi connectivity index (χ0v) is 21.0. The highest BCUT2D eigenvalue weighted by Gasteiger charge is 2.56. The number of rotatable bonds is 8. The lowest BCUT2D eigenvalue weighted by Crippen LogP contribution is -2.74. The number of amides is 2. The third kappa shape index (κ3) is 5.13. The number of thioether (sulfide) groups is 1. The molecule has 1 fully saturated rings. The number of thiophene rings is 1. The summed E-state index contributed by atoms with van der Waals surface area (Å²) in [4.78, 5) is 56.2. The van der Waals surface area contributed by atoms with E-state index in [0.29, 0.717) is 0 Å². The van der Waals surface area contributed by atoms with E-state index < -0.39 is 35.4 Å². The van der Waals surface area contributed by atoms with Crippen molar-refractivity contribution in [2.45, 2.75) is 30.0 Å². The number of ether oxygens (including phenoxy) is 1. The van der Waals surface area contributed by atoms with Crippen LogP contribution in [0.2, 0.25) is 0 Å². The molecule has 0 bridgehead atoms. The monoisotopic (exact) mass is 531 g/mol. The van der Waals surface area contributed by atoms with Gasteiger partial charge in [-0.2, -0.15) is 4.99 Å². The van der Waals surface area contributed by atoms with Crippen molar-refractivity contribution in [1.82, 2.24) is 10.2 Å². The van der Waals surface area contributed by atoms with Crippen molar-refractivity contribution >= 4 is 47.0 Å². The number of hydrogen-bond donors (Lipinski definition) is 1. The van der Waals surface area contributed by atoms with Crippen LogP contribution in [0.1, 0.15) is 22.1 Å². The molecule has 2 amide bonds. The molecule has 186 valence electrons. The zero-order chi connectivity index (χ0) is 25.8. The first kappa shape index (κ1) is 24.7. The van der Waals surface area contributed by atoms with E-state index in [1.807, 2.05) is 78.2 Å². The van der Waals surface area contributed by atoms with Crippen molar-refractivity contribution in [2.24, 2.45) is 4.99 Å². The van der Waals surface area contributed by atoms with Crippen LogP contribution in [-0.2, 0) is 30.3 Å². The van der Waals surface area contributed by atoms with Crippen molar-refractivity contribution in [3.8, 4) is 0 Å². The minimum Gasteiger partial charge on any atom is -0.451 e. The molecule has 2 aliphatic rings. The van der Waals surface area contributed by atoms with Gasteiger partial charge in [0.2, 0.25) is 17.9 Å². The Hall–Kier alpha value is -3.98. The van der Waals surface area contributed by atoms with Gasteiger partial charge in [-0.05, 0) is 28.0 Å². The maximum Gasteiger partial charge on any atom is 0.336 e. The number of esters is 1. The lowest BCUT2D eigenvalue weighted by Gasteiger charge is -2.51. The fourth-order valence-corrected chi connectivity index (χ4v) is 6.18. The molecule has 5 rings (SSSR count). The van der Waals surface area contributed by atoms with Crippen LogP contribution in [0.15, 0.2) is 94.3 Å². The summed E-state index contributed by atoms with van der Waals surface area (Å²) in [5, 5.41) is 5.66. The molecule has 0 radical (unpaired) electrons. The first-order valence-corrected chi connectivity index (χ1v) is 13.3. The Morgan fingerprint density at radius 3 is 2.30 bits per heavy atom. The summed E-state index contributed by atoms with van der Waals surface area (Å²) in [5.74, 6) is -1.46. The normalized spacial score (nSPS) is 20.2. The number of β-lactam (4-membered cyclic amide) rings is 1. The van der Waals surface area contributed by atoms with E-state index in [-0.39, 0.29) is 18.0 Å². The summed E-state index contributed by atoms with van der Waals surface area (Å²) in [6, 6.07) is 20.2. The molecular formula is C27H21N3O5S2. The second-order valence-electron chi connectivity index (χ2n) is 8.36. The van der Waals surface area contributed by atoms with Gasteiger partial charge in [0.05, 0.1) is 12.1 Å². The number of hydrogen-bond acceptors (Lipinski definition) is 8. The van der Waals surface area contributed by atoms with Crippen molar-refractivity contribution in [1.29, 1.82) is 0 Å². The van der Waals surface area contributed by atoms with Crippen LogP contribution in [0.3, 0.4) is 0 Å². The van der Waals surface area contributed by atoms with E-state index in [4.69, 9.17) is 4.74 Å². The summed E-state index contributed by atoms with van der Waals surface area (Å²) >= 11 is 2.66. The van der Waals surface area contributed by atoms with Crippen LogP contribution < -0.4 is 5.32 Å². The lowest BCUT2D eigenvalue weighted by atomic mass is 9.99. The van der Waals surface area contributed by atoms with Gasteiger partial charge in [0.1, 0.15) is 11.4 Å². The van der Waals surface area contributed by atoms with Gasteiger partial charge in [0.15, 0.2) is 12.1 Å². The maximum absolute atomic E-state index is 13.6. The predicted molar refractivity (Wildman–Crippen MR) is 139 cm³/mol. The molecule has 10 heteroatoms. The van der Waals surface area contributed by atoms with Gasteiger partial charge < -0.3 is 15.0 Å². The molecule has 2 unspecified atom stereocenters. The topological polar surface area (TPSA) is 105 Å². The van der Waals surface area contributed by atoms with Crippen LogP contribution in [0, 0.1) is 0 Å². The first-order chi connectivity index (χ1) is 18.1. The lowest BCUT2D eigenvalue weighted by molar-refractivity contribution is -0.165. The summed E-state index contributed by atoms with van der Waals surface area (Å²) in [6.45, 7) is 0. The van der Waals surface area contributed by atoms with Gasteiger partial charge in [0, 0.05) is 4.88 Å². The maximum atomic E-state index is 13.6. The van der Waals surface area contributed by atoms with E-state index in [0.717, 1.165) is 16.0 Å². The standard InChI is InChI=1S/C27H21N3O5S2/c31-16-28-20-15-37-26-22(29-21(32)14-19-12-7-13-36-19)25(33)30(26)23(20)27(34)35-24(17-8-3-1-4-9-17)18-10-5-2-6-11-18/h1-13,15,22-24,26H,14H2,(H,29,32)/t22?,23?,26-/m0/s1. The molecule has 0 aliphatic carbocycles. The number of nitrogens with zero attached hydrogens (tertiary/aromatic N) is 2. The van der Waals surface area contributed by atoms with Gasteiger partial charge in [0.25, 0.3) is 0 Å². The van der Waals surface area contributed by atoms with Crippen LogP contribution >= 0.6 is 23.1 Å². The Morgan fingerprint density at radius 1 is 1.03 bits per heavy atom. The Labute approximate surface area is 221 Å². The molecule has 1 saturated heterocycles. The van der Waals surface area contributed by atoms with E-state index in [2.05, 4.69) is 10.3 Å². The highest BCUT2D eigenvalue weighted by molar-refractivity contribution is 8.02. The Bertz CT molecular complexity index is 1330. The second kappa shape index (κ2) is 11.0. The molecule has 1 aromatic heterocycles. The number of aliphatic imine (C=N–C) groups is 1. The molecule has 2 aliphatic heterocycles. The SMILES string of the molecule is O=C=NC1=CS[C@H]2C(NC(=O)Cc3cccs3)C(=O)N2C1C(=O)OC(c1ccccc1)c1ccccc1. The third-order valence-corrected chi connectivity index (χ3v) is 8.07. The number of nitrogens with one attached hydrogen (secondary N) is 1. The van der Waals surface area contributed by atoms with Gasteiger partial charge in [-0.3, -0.25) is 9.59 Å². The number of carbonyl (C=O) groups is 3. The van der Waals surface area contributed by atoms with Crippen molar-refractivity contribution in [2.75, 3.05) is 0 Å². The van der Waals surface area contributed by atoms with E-state index in [9.17, 15) is 19.2 Å². The Kier molecular flexibility index (Phi) is 7.32. The van der Waals surface area contributed by atoms with Crippen molar-refractivity contribution < 1.29 is 23.9 Å². The smallest absolute Gasteiger partial charge is 0.336 e. The van der Waals surface area contributed by atoms with E-state index >= 15 is 0 Å². The van der Waals surface area contributed by atoms with Gasteiger partial charge in [-0.1, -0.05) is 66.7 Å². The summed E-state index contributed by atoms with van der Waals surface area (Å²) in [6.07, 6.45) is 0.890. The van der Waals surface area contributed by atoms with Crippen molar-refractivity contribution in [3.63, 3.8) is 0 Å². The first-order valence-electron chi connectivity index (χ1n) is 11.4. The second-order valence-corrected chi connectivity index (χ2v) is 10.4. The number of carbonyl (C=O) groups excluding carboxylic acids is 4. The molecule has 0 saturated carbocycles. The number of benzene rings is 2. The largest absolute Gasteiger partial charge is 0.451 e. The van der Waals surface area contributed by atoms with Gasteiger partial charge >= 0.3 is 5.97 Å². The summed E-state index contributed by atoms with van der Waals surface area (Å²) in [7, 11) is 0. The fourth-order valence-electron chi connectivity index (χ4n) is 4.32. The predicted octanol–water partition coefficient (Wildman–Crippen LogP) is 3.57. The number of fused-ring (bicyclic) bond motifs is 1. The average Bonchev–Trinajstić information content (AvgIpc) is 3.44. The third-order valence-electron chi connectivity index (χ3n) is 6.03. The average molecular weight is 532 g/mol. The molecule has 0 spiro atoms. The molecule has 3 atom stereocenters. The van der Waals surface area contributed by atoms with Crippen LogP contribution in [0.25, 0.3) is 0 Å². The molecule has 3 heterocycles.